The van der Waals surface area contributed by atoms with Crippen molar-refractivity contribution in [2.45, 2.75) is 89.0 Å². The maximum atomic E-state index is 4.54. The minimum absolute atomic E-state index is 0.569. The zero-order valence-electron chi connectivity index (χ0n) is 19.8. The van der Waals surface area contributed by atoms with Crippen LogP contribution in [0.3, 0.4) is 0 Å². The molecule has 0 fully saturated rings. The predicted molar refractivity (Wildman–Crippen MR) is 119 cm³/mol. The van der Waals surface area contributed by atoms with Crippen molar-refractivity contribution in [1.29, 1.82) is 0 Å². The molecule has 152 valence electrons. The second-order valence-electron chi connectivity index (χ2n) is 10.2. The summed E-state index contributed by atoms with van der Waals surface area (Å²) in [6, 6.07) is 0. The molecule has 0 N–H and O–H groups in total. The van der Waals surface area contributed by atoms with E-state index in [1.54, 1.807) is 11.1 Å². The van der Waals surface area contributed by atoms with Crippen LogP contribution < -0.4 is 0 Å². The minimum Gasteiger partial charge on any atom is -0.0990 e. The van der Waals surface area contributed by atoms with E-state index in [0.29, 0.717) is 11.8 Å². The summed E-state index contributed by atoms with van der Waals surface area (Å²) >= 11 is 0. The number of allylic oxidation sites excluding steroid dienone is 3. The van der Waals surface area contributed by atoms with Crippen LogP contribution in [0.2, 0.25) is 0 Å². The molecule has 0 heteroatoms. The summed E-state index contributed by atoms with van der Waals surface area (Å²) in [6.45, 7) is 31.0. The monoisotopic (exact) mass is 360 g/mol. The Morgan fingerprint density at radius 1 is 0.769 bits per heavy atom. The molecule has 0 radical (unpaired) electrons. The van der Waals surface area contributed by atoms with E-state index in [-0.39, 0.29) is 0 Å². The van der Waals surface area contributed by atoms with Gasteiger partial charge < -0.3 is 0 Å². The summed E-state index contributed by atoms with van der Waals surface area (Å²) in [5, 5.41) is 0. The SMILES string of the molecule is C=C(C(C)C1=C(C(C)C(C)C(C)C(C)C(C)C)C1)C(C)C(C)C(C)CC. The first kappa shape index (κ1) is 23.5. The van der Waals surface area contributed by atoms with E-state index in [1.165, 1.54) is 18.4 Å². The molecule has 0 aromatic heterocycles. The van der Waals surface area contributed by atoms with Crippen LogP contribution in [0.25, 0.3) is 0 Å². The normalized spacial score (nSPS) is 23.8. The highest BCUT2D eigenvalue weighted by molar-refractivity contribution is 5.42. The lowest BCUT2D eigenvalue weighted by molar-refractivity contribution is 0.191. The molecular formula is C26H48. The third-order valence-corrected chi connectivity index (χ3v) is 8.71. The van der Waals surface area contributed by atoms with Crippen LogP contribution in [-0.2, 0) is 0 Å². The van der Waals surface area contributed by atoms with Crippen molar-refractivity contribution in [3.63, 3.8) is 0 Å². The van der Waals surface area contributed by atoms with Crippen molar-refractivity contribution in [2.75, 3.05) is 0 Å². The molecule has 1 rings (SSSR count). The molecule has 0 heterocycles. The molecule has 26 heavy (non-hydrogen) atoms. The van der Waals surface area contributed by atoms with Gasteiger partial charge in [-0.05, 0) is 59.7 Å². The van der Waals surface area contributed by atoms with Crippen molar-refractivity contribution in [3.05, 3.63) is 23.3 Å². The van der Waals surface area contributed by atoms with E-state index in [2.05, 4.69) is 82.7 Å². The van der Waals surface area contributed by atoms with Crippen molar-refractivity contribution >= 4 is 0 Å². The Hall–Kier alpha value is -0.520. The first-order chi connectivity index (χ1) is 11.9. The maximum absolute atomic E-state index is 4.54. The van der Waals surface area contributed by atoms with E-state index >= 15 is 0 Å². The summed E-state index contributed by atoms with van der Waals surface area (Å²) in [5.74, 6) is 6.51. The topological polar surface area (TPSA) is 0 Å². The number of hydrogen-bond donors (Lipinski definition) is 0. The lowest BCUT2D eigenvalue weighted by Crippen LogP contribution is -2.25. The molecule has 0 spiro atoms. The molecule has 0 saturated carbocycles. The first-order valence-electron chi connectivity index (χ1n) is 11.4. The van der Waals surface area contributed by atoms with Crippen LogP contribution in [-0.4, -0.2) is 0 Å². The summed E-state index contributed by atoms with van der Waals surface area (Å²) in [4.78, 5) is 0. The smallest absolute Gasteiger partial charge is 0.00152 e. The second kappa shape index (κ2) is 9.61. The molecule has 0 aromatic carbocycles. The van der Waals surface area contributed by atoms with E-state index in [4.69, 9.17) is 0 Å². The fourth-order valence-corrected chi connectivity index (χ4v) is 4.72. The van der Waals surface area contributed by atoms with Crippen LogP contribution in [0.4, 0.5) is 0 Å². The highest BCUT2D eigenvalue weighted by atomic mass is 14.4. The molecule has 1 aliphatic carbocycles. The van der Waals surface area contributed by atoms with Gasteiger partial charge in [0.25, 0.3) is 0 Å². The molecule has 0 bridgehead atoms. The molecule has 0 saturated heterocycles. The van der Waals surface area contributed by atoms with Gasteiger partial charge in [0.05, 0.1) is 0 Å². The molecule has 0 aliphatic heterocycles. The quantitative estimate of drug-likeness (QED) is 0.324. The first-order valence-corrected chi connectivity index (χ1v) is 11.4. The molecule has 1 aliphatic rings. The Morgan fingerprint density at radius 3 is 1.77 bits per heavy atom. The summed E-state index contributed by atoms with van der Waals surface area (Å²) in [5.41, 5.74) is 4.92. The van der Waals surface area contributed by atoms with E-state index < -0.39 is 0 Å². The van der Waals surface area contributed by atoms with Crippen molar-refractivity contribution < 1.29 is 0 Å². The Balaban J connectivity index is 2.78. The maximum Gasteiger partial charge on any atom is -0.00152 e. The molecule has 0 nitrogen and oxygen atoms in total. The highest BCUT2D eigenvalue weighted by Crippen LogP contribution is 2.49. The lowest BCUT2D eigenvalue weighted by Gasteiger charge is -2.32. The van der Waals surface area contributed by atoms with Crippen LogP contribution in [0.5, 0.6) is 0 Å². The molecule has 8 unspecified atom stereocenters. The summed E-state index contributed by atoms with van der Waals surface area (Å²) in [7, 11) is 0. The Morgan fingerprint density at radius 2 is 1.31 bits per heavy atom. The van der Waals surface area contributed by atoms with E-state index in [9.17, 15) is 0 Å². The van der Waals surface area contributed by atoms with Gasteiger partial charge in [-0.15, -0.1) is 0 Å². The van der Waals surface area contributed by atoms with Crippen LogP contribution in [0, 0.1) is 53.3 Å². The Labute approximate surface area is 165 Å². The van der Waals surface area contributed by atoms with Gasteiger partial charge in [-0.3, -0.25) is 0 Å². The standard InChI is InChI=1S/C26H48/c1-13-16(4)18(6)20(8)22(10)24(12)26-14-25(26)23(11)21(9)19(7)17(5)15(2)3/h15-21,23-24H,10,13-14H2,1-9,11-12H3. The summed E-state index contributed by atoms with van der Waals surface area (Å²) in [6.07, 6.45) is 2.53. The van der Waals surface area contributed by atoms with Gasteiger partial charge in [-0.2, -0.15) is 0 Å². The molecule has 0 aromatic rings. The van der Waals surface area contributed by atoms with Gasteiger partial charge in [0.1, 0.15) is 0 Å². The third-order valence-electron chi connectivity index (χ3n) is 8.71. The highest BCUT2D eigenvalue weighted by Gasteiger charge is 2.37. The van der Waals surface area contributed by atoms with Gasteiger partial charge in [0.2, 0.25) is 0 Å². The Bertz CT molecular complexity index is 494. The molecule has 8 atom stereocenters. The Kier molecular flexibility index (Phi) is 8.69. The zero-order valence-corrected chi connectivity index (χ0v) is 19.8. The summed E-state index contributed by atoms with van der Waals surface area (Å²) < 4.78 is 0. The zero-order chi connectivity index (χ0) is 20.3. The van der Waals surface area contributed by atoms with Crippen molar-refractivity contribution in [2.24, 2.45) is 53.3 Å². The largest absolute Gasteiger partial charge is 0.0990 e. The van der Waals surface area contributed by atoms with Crippen LogP contribution in [0.1, 0.15) is 89.0 Å². The van der Waals surface area contributed by atoms with Gasteiger partial charge in [0, 0.05) is 0 Å². The van der Waals surface area contributed by atoms with Gasteiger partial charge in [0.15, 0.2) is 0 Å². The van der Waals surface area contributed by atoms with E-state index in [0.717, 1.165) is 41.4 Å². The van der Waals surface area contributed by atoms with Gasteiger partial charge in [-0.25, -0.2) is 0 Å². The van der Waals surface area contributed by atoms with E-state index in [1.807, 2.05) is 0 Å². The fraction of sp³-hybridized carbons (Fsp3) is 0.846. The molecule has 0 amide bonds. The molecular weight excluding hydrogens is 312 g/mol. The number of rotatable bonds is 11. The third kappa shape index (κ3) is 5.26. The van der Waals surface area contributed by atoms with Crippen molar-refractivity contribution in [1.82, 2.24) is 0 Å². The fourth-order valence-electron chi connectivity index (χ4n) is 4.72. The lowest BCUT2D eigenvalue weighted by atomic mass is 9.73. The van der Waals surface area contributed by atoms with Crippen molar-refractivity contribution in [3.8, 4) is 0 Å². The predicted octanol–water partition coefficient (Wildman–Crippen LogP) is 8.40. The average molecular weight is 361 g/mol. The minimum atomic E-state index is 0.569. The van der Waals surface area contributed by atoms with Crippen LogP contribution >= 0.6 is 0 Å². The second-order valence-corrected chi connectivity index (χ2v) is 10.2. The number of hydrogen-bond acceptors (Lipinski definition) is 0. The van der Waals surface area contributed by atoms with Crippen LogP contribution in [0.15, 0.2) is 23.3 Å². The van der Waals surface area contributed by atoms with Gasteiger partial charge >= 0.3 is 0 Å². The average Bonchev–Trinajstić information content (AvgIpc) is 3.42. The van der Waals surface area contributed by atoms with Gasteiger partial charge in [-0.1, -0.05) is 106 Å².